The van der Waals surface area contributed by atoms with E-state index in [0.29, 0.717) is 19.6 Å². The molecule has 4 nitrogen and oxygen atoms in total. The van der Waals surface area contributed by atoms with Crippen molar-refractivity contribution in [2.24, 2.45) is 11.8 Å². The van der Waals surface area contributed by atoms with Crippen LogP contribution in [0.4, 0.5) is 0 Å². The minimum absolute atomic E-state index is 0.0416. The summed E-state index contributed by atoms with van der Waals surface area (Å²) in [7, 11) is 0. The molecule has 0 aromatic heterocycles. The second-order valence-corrected chi connectivity index (χ2v) is 6.46. The van der Waals surface area contributed by atoms with Gasteiger partial charge in [0.25, 0.3) is 0 Å². The lowest BCUT2D eigenvalue weighted by Crippen LogP contribution is -2.24. The van der Waals surface area contributed by atoms with E-state index in [-0.39, 0.29) is 11.9 Å². The molecule has 4 heteroatoms. The fourth-order valence-corrected chi connectivity index (χ4v) is 3.10. The zero-order valence-electron chi connectivity index (χ0n) is 14.6. The quantitative estimate of drug-likeness (QED) is 0.320. The van der Waals surface area contributed by atoms with Crippen LogP contribution in [0.3, 0.4) is 0 Å². The Hall–Kier alpha value is -1.32. The normalized spacial score (nSPS) is 20.7. The van der Waals surface area contributed by atoms with Crippen molar-refractivity contribution in [1.29, 1.82) is 0 Å². The number of unbranched alkanes of at least 4 members (excludes halogenated alkanes) is 3. The van der Waals surface area contributed by atoms with E-state index in [2.05, 4.69) is 13.5 Å². The number of carbonyl (C=O) groups excluding carboxylic acids is 2. The second kappa shape index (κ2) is 12.1. The average Bonchev–Trinajstić information content (AvgIpc) is 2.58. The molecule has 1 rings (SSSR count). The summed E-state index contributed by atoms with van der Waals surface area (Å²) in [4.78, 5) is 22.9. The van der Waals surface area contributed by atoms with Gasteiger partial charge in [0, 0.05) is 6.08 Å². The monoisotopic (exact) mass is 324 g/mol. The Kier molecular flexibility index (Phi) is 10.4. The minimum Gasteiger partial charge on any atom is -0.465 e. The number of ether oxygens (including phenoxy) is 2. The molecule has 0 amide bonds. The third-order valence-corrected chi connectivity index (χ3v) is 4.59. The Labute approximate surface area is 140 Å². The number of rotatable bonds is 11. The highest BCUT2D eigenvalue weighted by atomic mass is 16.5. The second-order valence-electron chi connectivity index (χ2n) is 6.46. The lowest BCUT2D eigenvalue weighted by Gasteiger charge is -2.27. The van der Waals surface area contributed by atoms with E-state index < -0.39 is 5.97 Å². The van der Waals surface area contributed by atoms with Crippen molar-refractivity contribution in [1.82, 2.24) is 0 Å². The van der Waals surface area contributed by atoms with Gasteiger partial charge in [-0.25, -0.2) is 4.79 Å². The van der Waals surface area contributed by atoms with Crippen molar-refractivity contribution >= 4 is 11.9 Å². The van der Waals surface area contributed by atoms with Crippen molar-refractivity contribution in [3.63, 3.8) is 0 Å². The van der Waals surface area contributed by atoms with Gasteiger partial charge in [-0.2, -0.15) is 0 Å². The summed E-state index contributed by atoms with van der Waals surface area (Å²) in [6, 6.07) is 0. The van der Waals surface area contributed by atoms with Crippen LogP contribution >= 0.6 is 0 Å². The van der Waals surface area contributed by atoms with E-state index in [4.69, 9.17) is 9.47 Å². The van der Waals surface area contributed by atoms with Crippen LogP contribution in [-0.2, 0) is 19.1 Å². The first-order chi connectivity index (χ1) is 11.2. The third-order valence-electron chi connectivity index (χ3n) is 4.59. The van der Waals surface area contributed by atoms with E-state index in [1.54, 1.807) is 0 Å². The zero-order chi connectivity index (χ0) is 16.9. The first-order valence-electron chi connectivity index (χ1n) is 9.13. The molecule has 0 N–H and O–H groups in total. The minimum atomic E-state index is -0.405. The van der Waals surface area contributed by atoms with Gasteiger partial charge in [0.2, 0.25) is 0 Å². The van der Waals surface area contributed by atoms with Gasteiger partial charge in [-0.1, -0.05) is 39.2 Å². The van der Waals surface area contributed by atoms with Gasteiger partial charge in [0.15, 0.2) is 0 Å². The number of hydrogen-bond donors (Lipinski definition) is 0. The maximum Gasteiger partial charge on any atom is 0.330 e. The molecule has 0 unspecified atom stereocenters. The molecule has 0 bridgehead atoms. The van der Waals surface area contributed by atoms with E-state index in [9.17, 15) is 9.59 Å². The number of carbonyl (C=O) groups is 2. The Morgan fingerprint density at radius 3 is 2.26 bits per heavy atom. The van der Waals surface area contributed by atoms with Gasteiger partial charge < -0.3 is 9.47 Å². The summed E-state index contributed by atoms with van der Waals surface area (Å²) >= 11 is 0. The van der Waals surface area contributed by atoms with Crippen molar-refractivity contribution in [3.8, 4) is 0 Å². The van der Waals surface area contributed by atoms with E-state index in [1.165, 1.54) is 38.5 Å². The molecule has 1 fully saturated rings. The summed E-state index contributed by atoms with van der Waals surface area (Å²) in [5.74, 6) is 0.457. The highest BCUT2D eigenvalue weighted by Gasteiger charge is 2.26. The molecule has 0 heterocycles. The maximum atomic E-state index is 12.0. The van der Waals surface area contributed by atoms with Crippen LogP contribution in [0.25, 0.3) is 0 Å². The van der Waals surface area contributed by atoms with Crippen LogP contribution in [0.2, 0.25) is 0 Å². The first-order valence-corrected chi connectivity index (χ1v) is 9.13. The predicted molar refractivity (Wildman–Crippen MR) is 90.9 cm³/mol. The highest BCUT2D eigenvalue weighted by molar-refractivity contribution is 5.81. The van der Waals surface area contributed by atoms with Crippen molar-refractivity contribution in [2.75, 3.05) is 13.2 Å². The Bertz CT molecular complexity index is 356. The van der Waals surface area contributed by atoms with Gasteiger partial charge in [-0.05, 0) is 44.4 Å². The van der Waals surface area contributed by atoms with E-state index >= 15 is 0 Å². The van der Waals surface area contributed by atoms with Gasteiger partial charge in [0.05, 0.1) is 19.1 Å². The van der Waals surface area contributed by atoms with Gasteiger partial charge in [-0.3, -0.25) is 4.79 Å². The smallest absolute Gasteiger partial charge is 0.330 e. The maximum absolute atomic E-state index is 12.0. The lowest BCUT2D eigenvalue weighted by atomic mass is 9.80. The van der Waals surface area contributed by atoms with Crippen LogP contribution in [0, 0.1) is 11.8 Å². The molecule has 132 valence electrons. The average molecular weight is 324 g/mol. The summed E-state index contributed by atoms with van der Waals surface area (Å²) in [5.41, 5.74) is 0. The summed E-state index contributed by atoms with van der Waals surface area (Å²) in [5, 5.41) is 0. The molecular weight excluding hydrogens is 292 g/mol. The van der Waals surface area contributed by atoms with Crippen molar-refractivity contribution < 1.29 is 19.1 Å². The van der Waals surface area contributed by atoms with Gasteiger partial charge in [0.1, 0.15) is 0 Å². The zero-order valence-corrected chi connectivity index (χ0v) is 14.6. The number of hydrogen-bond acceptors (Lipinski definition) is 4. The van der Waals surface area contributed by atoms with Crippen LogP contribution < -0.4 is 0 Å². The Balaban J connectivity index is 2.03. The third kappa shape index (κ3) is 8.77. The molecule has 23 heavy (non-hydrogen) atoms. The van der Waals surface area contributed by atoms with Crippen molar-refractivity contribution in [3.05, 3.63) is 12.7 Å². The van der Waals surface area contributed by atoms with E-state index in [0.717, 1.165) is 31.3 Å². The largest absolute Gasteiger partial charge is 0.465 e. The fraction of sp³-hybridized carbons (Fsp3) is 0.789. The van der Waals surface area contributed by atoms with Crippen LogP contribution in [0.1, 0.15) is 71.1 Å². The molecule has 0 aliphatic heterocycles. The summed E-state index contributed by atoms with van der Waals surface area (Å²) in [6.45, 7) is 6.34. The van der Waals surface area contributed by atoms with Crippen molar-refractivity contribution in [2.45, 2.75) is 71.1 Å². The lowest BCUT2D eigenvalue weighted by molar-refractivity contribution is -0.150. The van der Waals surface area contributed by atoms with Crippen LogP contribution in [0.5, 0.6) is 0 Å². The molecule has 0 radical (unpaired) electrons. The number of esters is 2. The Morgan fingerprint density at radius 1 is 1.00 bits per heavy atom. The standard InChI is InChI=1S/C19H32O4/c1-3-5-6-9-16-10-12-17(13-11-16)19(21)23-15-8-7-14-22-18(20)4-2/h4,16-17H,2-3,5-15H2,1H3. The topological polar surface area (TPSA) is 52.6 Å². The summed E-state index contributed by atoms with van der Waals surface area (Å²) < 4.78 is 10.2. The molecule has 0 aromatic carbocycles. The molecule has 0 spiro atoms. The fourth-order valence-electron chi connectivity index (χ4n) is 3.10. The van der Waals surface area contributed by atoms with Gasteiger partial charge >= 0.3 is 11.9 Å². The van der Waals surface area contributed by atoms with Gasteiger partial charge in [-0.15, -0.1) is 0 Å². The SMILES string of the molecule is C=CC(=O)OCCCCOC(=O)C1CCC(CCCCC)CC1. The summed E-state index contributed by atoms with van der Waals surface area (Å²) in [6.07, 6.45) is 12.1. The molecule has 1 aliphatic rings. The molecule has 0 saturated heterocycles. The highest BCUT2D eigenvalue weighted by Crippen LogP contribution is 2.32. The Morgan fingerprint density at radius 2 is 1.65 bits per heavy atom. The van der Waals surface area contributed by atoms with Crippen LogP contribution in [-0.4, -0.2) is 25.2 Å². The first kappa shape index (κ1) is 19.7. The molecule has 1 saturated carbocycles. The van der Waals surface area contributed by atoms with E-state index in [1.807, 2.05) is 0 Å². The predicted octanol–water partition coefficient (Wildman–Crippen LogP) is 4.43. The molecule has 0 atom stereocenters. The van der Waals surface area contributed by atoms with Crippen LogP contribution in [0.15, 0.2) is 12.7 Å². The molecule has 0 aromatic rings. The molecular formula is C19H32O4. The molecule has 1 aliphatic carbocycles.